The number of halogens is 2. The number of para-hydroxylation sites is 2. The molecule has 0 radical (unpaired) electrons. The summed E-state index contributed by atoms with van der Waals surface area (Å²) >= 11 is 11.8. The van der Waals surface area contributed by atoms with Gasteiger partial charge >= 0.3 is 0 Å². The van der Waals surface area contributed by atoms with Crippen LogP contribution in [0.2, 0.25) is 10.0 Å². The lowest BCUT2D eigenvalue weighted by Crippen LogP contribution is -2.26. The summed E-state index contributed by atoms with van der Waals surface area (Å²) in [5.41, 5.74) is 2.81. The van der Waals surface area contributed by atoms with Crippen molar-refractivity contribution >= 4 is 45.9 Å². The number of nitrogens with zero attached hydrogens (tertiary/aromatic N) is 2. The number of benzene rings is 3. The highest BCUT2D eigenvalue weighted by molar-refractivity contribution is 6.31. The van der Waals surface area contributed by atoms with Crippen LogP contribution in [0.4, 0.5) is 0 Å². The molecule has 1 heterocycles. The smallest absolute Gasteiger partial charge is 0.251 e. The van der Waals surface area contributed by atoms with Gasteiger partial charge in [-0.05, 0) is 60.7 Å². The number of nitrogens with one attached hydrogen (secondary N) is 1. The number of rotatable bonds is 7. The molecule has 5 nitrogen and oxygen atoms in total. The van der Waals surface area contributed by atoms with Crippen LogP contribution in [0.5, 0.6) is 0 Å². The Balaban J connectivity index is 1.50. The Hall–Kier alpha value is -3.15. The van der Waals surface area contributed by atoms with Gasteiger partial charge < -0.3 is 9.88 Å². The van der Waals surface area contributed by atoms with Gasteiger partial charge in [-0.2, -0.15) is 0 Å². The van der Waals surface area contributed by atoms with E-state index in [-0.39, 0.29) is 18.2 Å². The van der Waals surface area contributed by atoms with Gasteiger partial charge in [-0.25, -0.2) is 4.98 Å². The third-order valence-corrected chi connectivity index (χ3v) is 5.45. The van der Waals surface area contributed by atoms with Gasteiger partial charge in [0, 0.05) is 34.1 Å². The van der Waals surface area contributed by atoms with Crippen LogP contribution in [0.25, 0.3) is 11.0 Å². The maximum atomic E-state index is 12.8. The van der Waals surface area contributed by atoms with Gasteiger partial charge in [0.2, 0.25) is 0 Å². The zero-order chi connectivity index (χ0) is 21.8. The van der Waals surface area contributed by atoms with E-state index in [1.165, 1.54) is 0 Å². The van der Waals surface area contributed by atoms with E-state index in [0.29, 0.717) is 34.1 Å². The standard InChI is InChI=1S/C24H19Cl2N3O2/c25-18-9-5-16(6-10-18)22(30)15-29-21-4-2-1-3-20(21)28-23(29)13-14-27-24(31)17-7-11-19(26)12-8-17/h1-12H,13-15H2,(H,27,31). The minimum Gasteiger partial charge on any atom is -0.352 e. The van der Waals surface area contributed by atoms with Gasteiger partial charge in [0.25, 0.3) is 5.91 Å². The van der Waals surface area contributed by atoms with E-state index in [4.69, 9.17) is 23.2 Å². The van der Waals surface area contributed by atoms with Crippen LogP contribution >= 0.6 is 23.2 Å². The summed E-state index contributed by atoms with van der Waals surface area (Å²) in [5.74, 6) is 0.516. The molecule has 0 fully saturated rings. The maximum absolute atomic E-state index is 12.8. The molecule has 0 bridgehead atoms. The number of amides is 1. The Kier molecular flexibility index (Phi) is 6.35. The Morgan fingerprint density at radius 1 is 0.839 bits per heavy atom. The number of carbonyl (C=O) groups is 2. The van der Waals surface area contributed by atoms with Crippen LogP contribution in [0, 0.1) is 0 Å². The SMILES string of the molecule is O=C(Cn1c(CCNC(=O)c2ccc(Cl)cc2)nc2ccccc21)c1ccc(Cl)cc1. The van der Waals surface area contributed by atoms with Crippen LogP contribution in [-0.2, 0) is 13.0 Å². The fraction of sp³-hybridized carbons (Fsp3) is 0.125. The van der Waals surface area contributed by atoms with Crippen LogP contribution in [-0.4, -0.2) is 27.8 Å². The Morgan fingerprint density at radius 2 is 1.45 bits per heavy atom. The van der Waals surface area contributed by atoms with Gasteiger partial charge in [-0.15, -0.1) is 0 Å². The van der Waals surface area contributed by atoms with E-state index in [1.807, 2.05) is 28.8 Å². The molecule has 4 aromatic rings. The largest absolute Gasteiger partial charge is 0.352 e. The molecular formula is C24H19Cl2N3O2. The van der Waals surface area contributed by atoms with Crippen molar-refractivity contribution in [3.05, 3.63) is 99.8 Å². The number of carbonyl (C=O) groups excluding carboxylic acids is 2. The van der Waals surface area contributed by atoms with Crippen LogP contribution < -0.4 is 5.32 Å². The van der Waals surface area contributed by atoms with Crippen LogP contribution in [0.3, 0.4) is 0 Å². The lowest BCUT2D eigenvalue weighted by Gasteiger charge is -2.10. The number of ketones is 1. The highest BCUT2D eigenvalue weighted by atomic mass is 35.5. The summed E-state index contributed by atoms with van der Waals surface area (Å²) in [5, 5.41) is 4.06. The van der Waals surface area contributed by atoms with Gasteiger partial charge in [-0.3, -0.25) is 9.59 Å². The molecule has 0 spiro atoms. The lowest BCUT2D eigenvalue weighted by atomic mass is 10.1. The monoisotopic (exact) mass is 451 g/mol. The molecule has 1 amide bonds. The number of hydrogen-bond donors (Lipinski definition) is 1. The van der Waals surface area contributed by atoms with E-state index in [2.05, 4.69) is 10.3 Å². The average molecular weight is 452 g/mol. The van der Waals surface area contributed by atoms with Gasteiger partial charge in [0.1, 0.15) is 5.82 Å². The fourth-order valence-corrected chi connectivity index (χ4v) is 3.61. The molecule has 7 heteroatoms. The third kappa shape index (κ3) is 4.95. The molecule has 0 aliphatic heterocycles. The molecule has 0 atom stereocenters. The average Bonchev–Trinajstić information content (AvgIpc) is 3.12. The van der Waals surface area contributed by atoms with Crippen LogP contribution in [0.15, 0.2) is 72.8 Å². The lowest BCUT2D eigenvalue weighted by molar-refractivity contribution is 0.0948. The first-order valence-electron chi connectivity index (χ1n) is 9.78. The van der Waals surface area contributed by atoms with Crippen molar-refractivity contribution < 1.29 is 9.59 Å². The molecule has 1 aromatic heterocycles. The second-order valence-electron chi connectivity index (χ2n) is 7.05. The highest BCUT2D eigenvalue weighted by Crippen LogP contribution is 2.18. The number of fused-ring (bicyclic) bond motifs is 1. The van der Waals surface area contributed by atoms with Gasteiger partial charge in [0.15, 0.2) is 5.78 Å². The fourth-order valence-electron chi connectivity index (χ4n) is 3.35. The molecule has 156 valence electrons. The first-order chi connectivity index (χ1) is 15.0. The van der Waals surface area contributed by atoms with Crippen molar-refractivity contribution in [3.63, 3.8) is 0 Å². The molecule has 3 aromatic carbocycles. The number of imidazole rings is 1. The third-order valence-electron chi connectivity index (χ3n) is 4.94. The van der Waals surface area contributed by atoms with Crippen molar-refractivity contribution in [3.8, 4) is 0 Å². The first kappa shape index (κ1) is 21.1. The van der Waals surface area contributed by atoms with E-state index >= 15 is 0 Å². The predicted octanol–water partition coefficient (Wildman–Crippen LogP) is 5.20. The van der Waals surface area contributed by atoms with E-state index < -0.39 is 0 Å². The quantitative estimate of drug-likeness (QED) is 0.392. The topological polar surface area (TPSA) is 64.0 Å². The zero-order valence-corrected chi connectivity index (χ0v) is 18.0. The summed E-state index contributed by atoms with van der Waals surface area (Å²) in [7, 11) is 0. The van der Waals surface area contributed by atoms with E-state index in [0.717, 1.165) is 16.9 Å². The second-order valence-corrected chi connectivity index (χ2v) is 7.92. The van der Waals surface area contributed by atoms with E-state index in [9.17, 15) is 9.59 Å². The van der Waals surface area contributed by atoms with Gasteiger partial charge in [0.05, 0.1) is 17.6 Å². The molecule has 4 rings (SSSR count). The Morgan fingerprint density at radius 3 is 2.13 bits per heavy atom. The molecule has 0 aliphatic rings. The molecule has 0 saturated heterocycles. The number of Topliss-reactive ketones (excluding diaryl/α,β-unsaturated/α-hetero) is 1. The number of aromatic nitrogens is 2. The molecular weight excluding hydrogens is 433 g/mol. The van der Waals surface area contributed by atoms with Crippen molar-refractivity contribution in [2.75, 3.05) is 6.54 Å². The Bertz CT molecular complexity index is 1230. The van der Waals surface area contributed by atoms with Crippen molar-refractivity contribution in [1.29, 1.82) is 0 Å². The highest BCUT2D eigenvalue weighted by Gasteiger charge is 2.15. The maximum Gasteiger partial charge on any atom is 0.251 e. The van der Waals surface area contributed by atoms with Crippen LogP contribution in [0.1, 0.15) is 26.5 Å². The first-order valence-corrected chi connectivity index (χ1v) is 10.5. The molecule has 1 N–H and O–H groups in total. The summed E-state index contributed by atoms with van der Waals surface area (Å²) in [6.45, 7) is 0.544. The predicted molar refractivity (Wildman–Crippen MR) is 123 cm³/mol. The normalized spacial score (nSPS) is 10.9. The zero-order valence-electron chi connectivity index (χ0n) is 16.5. The van der Waals surface area contributed by atoms with Gasteiger partial charge in [-0.1, -0.05) is 35.3 Å². The van der Waals surface area contributed by atoms with E-state index in [1.54, 1.807) is 48.5 Å². The number of hydrogen-bond acceptors (Lipinski definition) is 3. The minimum absolute atomic E-state index is 0.0359. The summed E-state index contributed by atoms with van der Waals surface area (Å²) in [4.78, 5) is 29.9. The minimum atomic E-state index is -0.184. The molecule has 0 unspecified atom stereocenters. The van der Waals surface area contributed by atoms with Crippen molar-refractivity contribution in [1.82, 2.24) is 14.9 Å². The summed E-state index contributed by atoms with van der Waals surface area (Å²) < 4.78 is 1.90. The molecule has 0 saturated carbocycles. The molecule has 31 heavy (non-hydrogen) atoms. The van der Waals surface area contributed by atoms with Crippen molar-refractivity contribution in [2.45, 2.75) is 13.0 Å². The summed E-state index contributed by atoms with van der Waals surface area (Å²) in [6, 6.07) is 21.2. The van der Waals surface area contributed by atoms with Crippen molar-refractivity contribution in [2.24, 2.45) is 0 Å². The summed E-state index contributed by atoms with van der Waals surface area (Å²) in [6.07, 6.45) is 0.488. The Labute approximate surface area is 189 Å². The molecule has 0 aliphatic carbocycles. The second kappa shape index (κ2) is 9.33.